The first kappa shape index (κ1) is 23.2. The fourth-order valence-corrected chi connectivity index (χ4v) is 5.19. The highest BCUT2D eigenvalue weighted by Crippen LogP contribution is 2.43. The van der Waals surface area contributed by atoms with Gasteiger partial charge in [0.15, 0.2) is 0 Å². The molecule has 1 aliphatic heterocycles. The SMILES string of the molecule is CCCCc1ccc(C2CC=C(COc3ccc([C@H](CC(=O)O)c4ccon4)cc3)S2)cc1. The molecule has 0 fully saturated rings. The number of unbranched alkanes of at least 4 members (excludes halogenated alkanes) is 1. The Balaban J connectivity index is 1.30. The van der Waals surface area contributed by atoms with E-state index in [4.69, 9.17) is 9.26 Å². The minimum atomic E-state index is -0.876. The summed E-state index contributed by atoms with van der Waals surface area (Å²) in [5.74, 6) is -0.464. The van der Waals surface area contributed by atoms with Crippen molar-refractivity contribution in [3.63, 3.8) is 0 Å². The molecule has 0 radical (unpaired) electrons. The lowest BCUT2D eigenvalue weighted by Gasteiger charge is -2.14. The molecule has 0 spiro atoms. The number of carbonyl (C=O) groups is 1. The Morgan fingerprint density at radius 1 is 1.18 bits per heavy atom. The average molecular weight is 464 g/mol. The van der Waals surface area contributed by atoms with Gasteiger partial charge in [-0.1, -0.05) is 61.0 Å². The minimum absolute atomic E-state index is 0.0444. The van der Waals surface area contributed by atoms with Crippen LogP contribution in [0.1, 0.15) is 66.2 Å². The van der Waals surface area contributed by atoms with E-state index in [9.17, 15) is 9.90 Å². The molecule has 172 valence electrons. The largest absolute Gasteiger partial charge is 0.488 e. The maximum atomic E-state index is 11.3. The number of carboxylic acid groups (broad SMARTS) is 1. The van der Waals surface area contributed by atoms with Crippen molar-refractivity contribution in [2.24, 2.45) is 0 Å². The van der Waals surface area contributed by atoms with Crippen LogP contribution in [0.2, 0.25) is 0 Å². The van der Waals surface area contributed by atoms with Crippen LogP contribution in [0, 0.1) is 0 Å². The molecule has 6 heteroatoms. The van der Waals surface area contributed by atoms with Crippen LogP contribution in [0.3, 0.4) is 0 Å². The van der Waals surface area contributed by atoms with E-state index in [0.717, 1.165) is 24.2 Å². The summed E-state index contributed by atoms with van der Waals surface area (Å²) in [6.07, 6.45) is 8.32. The smallest absolute Gasteiger partial charge is 0.304 e. The molecule has 1 unspecified atom stereocenters. The van der Waals surface area contributed by atoms with Crippen LogP contribution in [-0.2, 0) is 11.2 Å². The van der Waals surface area contributed by atoms with Crippen molar-refractivity contribution < 1.29 is 19.2 Å². The standard InChI is InChI=1S/C27H29NO4S/c1-2-3-4-19-5-7-21(8-6-19)26-14-13-23(33-26)18-31-22-11-9-20(10-12-22)24(17-27(29)30)25-15-16-32-28-25/h5-13,15-16,24,26H,2-4,14,17-18H2,1H3,(H,29,30)/t24-,26?/m0/s1. The van der Waals surface area contributed by atoms with Crippen LogP contribution in [0.4, 0.5) is 0 Å². The van der Waals surface area contributed by atoms with Gasteiger partial charge in [0.25, 0.3) is 0 Å². The zero-order valence-corrected chi connectivity index (χ0v) is 19.6. The molecular formula is C27H29NO4S. The van der Waals surface area contributed by atoms with Crippen LogP contribution in [0.5, 0.6) is 5.75 Å². The molecule has 33 heavy (non-hydrogen) atoms. The minimum Gasteiger partial charge on any atom is -0.488 e. The van der Waals surface area contributed by atoms with Crippen LogP contribution in [0.15, 0.2) is 76.4 Å². The molecule has 2 heterocycles. The third-order valence-corrected chi connectivity index (χ3v) is 7.22. The van der Waals surface area contributed by atoms with Gasteiger partial charge in [-0.25, -0.2) is 0 Å². The summed E-state index contributed by atoms with van der Waals surface area (Å²) in [6.45, 7) is 2.76. The number of nitrogens with zero attached hydrogens (tertiary/aromatic N) is 1. The highest BCUT2D eigenvalue weighted by molar-refractivity contribution is 8.03. The molecule has 0 saturated heterocycles. The second-order valence-corrected chi connectivity index (χ2v) is 9.62. The number of thioether (sulfide) groups is 1. The second kappa shape index (κ2) is 11.2. The molecular weight excluding hydrogens is 434 g/mol. The Labute approximate surface area is 198 Å². The Morgan fingerprint density at radius 2 is 1.97 bits per heavy atom. The molecule has 0 bridgehead atoms. The van der Waals surface area contributed by atoms with Gasteiger partial charge in [0.05, 0.1) is 12.1 Å². The van der Waals surface area contributed by atoms with Crippen LogP contribution < -0.4 is 4.74 Å². The molecule has 0 aliphatic carbocycles. The van der Waals surface area contributed by atoms with Gasteiger partial charge < -0.3 is 14.4 Å². The number of aromatic nitrogens is 1. The maximum absolute atomic E-state index is 11.3. The molecule has 3 aromatic rings. The monoisotopic (exact) mass is 463 g/mol. The average Bonchev–Trinajstić information content (AvgIpc) is 3.53. The van der Waals surface area contributed by atoms with Gasteiger partial charge in [-0.2, -0.15) is 0 Å². The molecule has 0 amide bonds. The van der Waals surface area contributed by atoms with Gasteiger partial charge in [0, 0.05) is 22.1 Å². The van der Waals surface area contributed by atoms with Gasteiger partial charge in [-0.3, -0.25) is 4.79 Å². The predicted octanol–water partition coefficient (Wildman–Crippen LogP) is 6.76. The van der Waals surface area contributed by atoms with Crippen LogP contribution in [0.25, 0.3) is 0 Å². The molecule has 2 aromatic carbocycles. The van der Waals surface area contributed by atoms with Gasteiger partial charge >= 0.3 is 5.97 Å². The van der Waals surface area contributed by atoms with Gasteiger partial charge in [-0.15, -0.1) is 11.8 Å². The first-order valence-electron chi connectivity index (χ1n) is 11.4. The summed E-state index contributed by atoms with van der Waals surface area (Å²) in [6, 6.07) is 18.3. The Kier molecular flexibility index (Phi) is 7.89. The number of allylic oxidation sites excluding steroid dienone is 1. The fraction of sp³-hybridized carbons (Fsp3) is 0.333. The van der Waals surface area contributed by atoms with E-state index in [1.54, 1.807) is 6.07 Å². The van der Waals surface area contributed by atoms with Crippen molar-refractivity contribution in [3.8, 4) is 5.75 Å². The molecule has 0 saturated carbocycles. The summed E-state index contributed by atoms with van der Waals surface area (Å²) >= 11 is 1.87. The number of aliphatic carboxylic acids is 1. The third kappa shape index (κ3) is 6.29. The third-order valence-electron chi connectivity index (χ3n) is 5.88. The van der Waals surface area contributed by atoms with E-state index >= 15 is 0 Å². The Hall–Kier alpha value is -2.99. The normalized spacial score (nSPS) is 16.4. The predicted molar refractivity (Wildman–Crippen MR) is 131 cm³/mol. The summed E-state index contributed by atoms with van der Waals surface area (Å²) in [5, 5.41) is 13.6. The quantitative estimate of drug-likeness (QED) is 0.338. The second-order valence-electron chi connectivity index (χ2n) is 8.29. The summed E-state index contributed by atoms with van der Waals surface area (Å²) < 4.78 is 10.9. The van der Waals surface area contributed by atoms with Gasteiger partial charge in [-0.05, 0) is 48.1 Å². The van der Waals surface area contributed by atoms with Crippen LogP contribution in [-0.4, -0.2) is 22.8 Å². The van der Waals surface area contributed by atoms with Crippen molar-refractivity contribution in [2.75, 3.05) is 6.61 Å². The summed E-state index contributed by atoms with van der Waals surface area (Å²) in [4.78, 5) is 12.5. The molecule has 1 aliphatic rings. The molecule has 1 aromatic heterocycles. The number of hydrogen-bond acceptors (Lipinski definition) is 5. The van der Waals surface area contributed by atoms with E-state index in [0.29, 0.717) is 17.6 Å². The number of ether oxygens (including phenoxy) is 1. The summed E-state index contributed by atoms with van der Waals surface area (Å²) in [5.41, 5.74) is 4.27. The van der Waals surface area contributed by atoms with E-state index in [1.807, 2.05) is 36.0 Å². The fourth-order valence-electron chi connectivity index (χ4n) is 4.01. The highest BCUT2D eigenvalue weighted by Gasteiger charge is 2.22. The highest BCUT2D eigenvalue weighted by atomic mass is 32.2. The Morgan fingerprint density at radius 3 is 2.64 bits per heavy atom. The number of carboxylic acids is 1. The van der Waals surface area contributed by atoms with Crippen molar-refractivity contribution >= 4 is 17.7 Å². The first-order chi connectivity index (χ1) is 16.1. The van der Waals surface area contributed by atoms with E-state index in [1.165, 1.54) is 35.1 Å². The number of rotatable bonds is 11. The number of aryl methyl sites for hydroxylation is 1. The van der Waals surface area contributed by atoms with Crippen molar-refractivity contribution in [1.29, 1.82) is 0 Å². The molecule has 1 N–H and O–H groups in total. The van der Waals surface area contributed by atoms with Crippen molar-refractivity contribution in [2.45, 2.75) is 50.2 Å². The zero-order valence-electron chi connectivity index (χ0n) is 18.8. The molecule has 4 rings (SSSR count). The van der Waals surface area contributed by atoms with Crippen LogP contribution >= 0.6 is 11.8 Å². The van der Waals surface area contributed by atoms with Gasteiger partial charge in [0.1, 0.15) is 18.6 Å². The Bertz CT molecular complexity index is 1060. The van der Waals surface area contributed by atoms with E-state index < -0.39 is 5.97 Å². The first-order valence-corrected chi connectivity index (χ1v) is 12.3. The maximum Gasteiger partial charge on any atom is 0.304 e. The topological polar surface area (TPSA) is 72.6 Å². The molecule has 2 atom stereocenters. The van der Waals surface area contributed by atoms with E-state index in [2.05, 4.69) is 42.4 Å². The van der Waals surface area contributed by atoms with Crippen molar-refractivity contribution in [1.82, 2.24) is 5.16 Å². The zero-order chi connectivity index (χ0) is 23.0. The van der Waals surface area contributed by atoms with E-state index in [-0.39, 0.29) is 12.3 Å². The lowest BCUT2D eigenvalue weighted by atomic mass is 9.92. The number of hydrogen-bond donors (Lipinski definition) is 1. The van der Waals surface area contributed by atoms with Crippen molar-refractivity contribution in [3.05, 3.63) is 94.2 Å². The molecule has 5 nitrogen and oxygen atoms in total. The lowest BCUT2D eigenvalue weighted by molar-refractivity contribution is -0.137. The number of benzene rings is 2. The van der Waals surface area contributed by atoms with Gasteiger partial charge in [0.2, 0.25) is 0 Å². The summed E-state index contributed by atoms with van der Waals surface area (Å²) in [7, 11) is 0. The lowest BCUT2D eigenvalue weighted by Crippen LogP contribution is -2.08.